The Balaban J connectivity index is 2.39. The quantitative estimate of drug-likeness (QED) is 0.847. The van der Waals surface area contributed by atoms with Gasteiger partial charge in [-0.1, -0.05) is 34.9 Å². The van der Waals surface area contributed by atoms with Gasteiger partial charge in [0.05, 0.1) is 6.20 Å². The molecule has 1 unspecified atom stereocenters. The first-order chi connectivity index (χ1) is 7.50. The molecule has 1 aromatic heterocycles. The van der Waals surface area contributed by atoms with E-state index in [1.54, 1.807) is 6.92 Å². The van der Waals surface area contributed by atoms with E-state index >= 15 is 0 Å². The average Bonchev–Trinajstić information content (AvgIpc) is 2.60. The Morgan fingerprint density at radius 3 is 2.81 bits per heavy atom. The number of rotatable bonds is 5. The molecule has 0 aromatic carbocycles. The van der Waals surface area contributed by atoms with Crippen LogP contribution >= 0.6 is 15.9 Å². The van der Waals surface area contributed by atoms with E-state index in [1.165, 1.54) is 6.20 Å². The summed E-state index contributed by atoms with van der Waals surface area (Å²) in [6.07, 6.45) is 2.47. The summed E-state index contributed by atoms with van der Waals surface area (Å²) in [5, 5.41) is 6.42. The summed E-state index contributed by atoms with van der Waals surface area (Å²) >= 11 is 3.53. The van der Waals surface area contributed by atoms with Crippen LogP contribution in [-0.4, -0.2) is 22.4 Å². The molecule has 0 aliphatic rings. The molecule has 0 saturated carbocycles. The summed E-state index contributed by atoms with van der Waals surface area (Å²) in [4.78, 5) is 12.0. The lowest BCUT2D eigenvalue weighted by Crippen LogP contribution is -2.30. The zero-order valence-electron chi connectivity index (χ0n) is 9.79. The molecule has 90 valence electrons. The van der Waals surface area contributed by atoms with Gasteiger partial charge in [0, 0.05) is 11.4 Å². The second-order valence-electron chi connectivity index (χ2n) is 4.23. The predicted octanol–water partition coefficient (Wildman–Crippen LogP) is 2.52. The highest BCUT2D eigenvalue weighted by Gasteiger charge is 2.14. The van der Waals surface area contributed by atoms with E-state index < -0.39 is 0 Å². The summed E-state index contributed by atoms with van der Waals surface area (Å²) in [5.41, 5.74) is 0.504. The molecule has 0 fully saturated rings. The van der Waals surface area contributed by atoms with Gasteiger partial charge in [-0.15, -0.1) is 0 Å². The third-order valence-corrected chi connectivity index (χ3v) is 2.90. The maximum Gasteiger partial charge on any atom is 0.256 e. The number of halogens is 1. The fraction of sp³-hybridized carbons (Fsp3) is 0.636. The standard InChI is InChI=1S/C11H17BrN2O2/c1-7(2)4-9(12)5-13-11(15)10-6-14-16-8(10)3/h6-7,9H,4-5H2,1-3H3,(H,13,15). The first-order valence-corrected chi connectivity index (χ1v) is 6.25. The minimum Gasteiger partial charge on any atom is -0.361 e. The molecule has 0 radical (unpaired) electrons. The van der Waals surface area contributed by atoms with Gasteiger partial charge in [-0.2, -0.15) is 0 Å². The Kier molecular flexibility index (Phi) is 4.99. The van der Waals surface area contributed by atoms with E-state index in [1.807, 2.05) is 0 Å². The normalized spacial score (nSPS) is 12.8. The van der Waals surface area contributed by atoms with Crippen LogP contribution in [0.5, 0.6) is 0 Å². The van der Waals surface area contributed by atoms with E-state index in [0.717, 1.165) is 6.42 Å². The molecule has 1 amide bonds. The highest BCUT2D eigenvalue weighted by Crippen LogP contribution is 2.12. The number of carbonyl (C=O) groups excluding carboxylic acids is 1. The van der Waals surface area contributed by atoms with Crippen molar-refractivity contribution in [3.63, 3.8) is 0 Å². The van der Waals surface area contributed by atoms with Gasteiger partial charge in [0.1, 0.15) is 11.3 Å². The average molecular weight is 289 g/mol. The van der Waals surface area contributed by atoms with Crippen molar-refractivity contribution in [3.8, 4) is 0 Å². The molecule has 1 aromatic rings. The number of hydrogen-bond acceptors (Lipinski definition) is 3. The summed E-state index contributed by atoms with van der Waals surface area (Å²) in [7, 11) is 0. The highest BCUT2D eigenvalue weighted by molar-refractivity contribution is 9.09. The van der Waals surface area contributed by atoms with Gasteiger partial charge in [-0.25, -0.2) is 0 Å². The molecular weight excluding hydrogens is 272 g/mol. The van der Waals surface area contributed by atoms with Crippen molar-refractivity contribution in [1.82, 2.24) is 10.5 Å². The zero-order chi connectivity index (χ0) is 12.1. The van der Waals surface area contributed by atoms with E-state index in [-0.39, 0.29) is 5.91 Å². The second-order valence-corrected chi connectivity index (χ2v) is 5.53. The molecule has 1 N–H and O–H groups in total. The Bertz CT molecular complexity index is 350. The van der Waals surface area contributed by atoms with E-state index in [0.29, 0.717) is 28.6 Å². The van der Waals surface area contributed by atoms with Crippen molar-refractivity contribution < 1.29 is 9.32 Å². The summed E-state index contributed by atoms with van der Waals surface area (Å²) in [5.74, 6) is 1.03. The summed E-state index contributed by atoms with van der Waals surface area (Å²) < 4.78 is 4.83. The van der Waals surface area contributed by atoms with Gasteiger partial charge >= 0.3 is 0 Å². The van der Waals surface area contributed by atoms with Gasteiger partial charge in [0.25, 0.3) is 5.91 Å². The third kappa shape index (κ3) is 3.96. The lowest BCUT2D eigenvalue weighted by atomic mass is 10.1. The first kappa shape index (κ1) is 13.2. The highest BCUT2D eigenvalue weighted by atomic mass is 79.9. The van der Waals surface area contributed by atoms with Crippen molar-refractivity contribution in [2.24, 2.45) is 5.92 Å². The van der Waals surface area contributed by atoms with Crippen molar-refractivity contribution in [2.45, 2.75) is 32.0 Å². The lowest BCUT2D eigenvalue weighted by molar-refractivity contribution is 0.0952. The van der Waals surface area contributed by atoms with Crippen molar-refractivity contribution >= 4 is 21.8 Å². The molecule has 16 heavy (non-hydrogen) atoms. The van der Waals surface area contributed by atoms with Crippen LogP contribution in [0, 0.1) is 12.8 Å². The Labute approximate surface area is 104 Å². The van der Waals surface area contributed by atoms with Crippen LogP contribution in [0.4, 0.5) is 0 Å². The van der Waals surface area contributed by atoms with E-state index in [2.05, 4.69) is 40.3 Å². The van der Waals surface area contributed by atoms with Crippen LogP contribution in [-0.2, 0) is 0 Å². The van der Waals surface area contributed by atoms with Gasteiger partial charge in [0.2, 0.25) is 0 Å². The number of carbonyl (C=O) groups is 1. The smallest absolute Gasteiger partial charge is 0.256 e. The van der Waals surface area contributed by atoms with Crippen LogP contribution in [0.1, 0.15) is 36.4 Å². The monoisotopic (exact) mass is 288 g/mol. The molecule has 0 bridgehead atoms. The molecule has 0 spiro atoms. The van der Waals surface area contributed by atoms with Crippen LogP contribution in [0.25, 0.3) is 0 Å². The number of aromatic nitrogens is 1. The topological polar surface area (TPSA) is 55.1 Å². The van der Waals surface area contributed by atoms with Gasteiger partial charge < -0.3 is 9.84 Å². The van der Waals surface area contributed by atoms with E-state index in [4.69, 9.17) is 4.52 Å². The number of nitrogens with zero attached hydrogens (tertiary/aromatic N) is 1. The minimum atomic E-state index is -0.132. The number of amides is 1. The molecular formula is C11H17BrN2O2. The fourth-order valence-electron chi connectivity index (χ4n) is 1.41. The van der Waals surface area contributed by atoms with Crippen LogP contribution < -0.4 is 5.32 Å². The molecule has 0 aliphatic carbocycles. The number of hydrogen-bond donors (Lipinski definition) is 1. The summed E-state index contributed by atoms with van der Waals surface area (Å²) in [6.45, 7) is 6.64. The number of nitrogens with one attached hydrogen (secondary N) is 1. The molecule has 1 atom stereocenters. The molecule has 1 rings (SSSR count). The van der Waals surface area contributed by atoms with Crippen molar-refractivity contribution in [1.29, 1.82) is 0 Å². The van der Waals surface area contributed by atoms with Crippen LogP contribution in [0.2, 0.25) is 0 Å². The van der Waals surface area contributed by atoms with Crippen molar-refractivity contribution in [2.75, 3.05) is 6.54 Å². The zero-order valence-corrected chi connectivity index (χ0v) is 11.4. The Morgan fingerprint density at radius 1 is 1.62 bits per heavy atom. The third-order valence-electron chi connectivity index (χ3n) is 2.21. The molecule has 0 aliphatic heterocycles. The van der Waals surface area contributed by atoms with Gasteiger partial charge in [-0.05, 0) is 19.3 Å². The lowest BCUT2D eigenvalue weighted by Gasteiger charge is -2.12. The SMILES string of the molecule is Cc1oncc1C(=O)NCC(Br)CC(C)C. The predicted molar refractivity (Wildman–Crippen MR) is 65.7 cm³/mol. The largest absolute Gasteiger partial charge is 0.361 e. The van der Waals surface area contributed by atoms with E-state index in [9.17, 15) is 4.79 Å². The van der Waals surface area contributed by atoms with Crippen LogP contribution in [0.15, 0.2) is 10.7 Å². The summed E-state index contributed by atoms with van der Waals surface area (Å²) in [6, 6.07) is 0. The second kappa shape index (κ2) is 6.03. The fourth-order valence-corrected chi connectivity index (χ4v) is 2.32. The van der Waals surface area contributed by atoms with Gasteiger partial charge in [0.15, 0.2) is 0 Å². The first-order valence-electron chi connectivity index (χ1n) is 5.34. The molecule has 5 heteroatoms. The number of alkyl halides is 1. The maximum atomic E-state index is 11.7. The molecule has 0 saturated heterocycles. The van der Waals surface area contributed by atoms with Gasteiger partial charge in [-0.3, -0.25) is 4.79 Å². The maximum absolute atomic E-state index is 11.7. The molecule has 4 nitrogen and oxygen atoms in total. The Hall–Kier alpha value is -0.840. The number of aryl methyl sites for hydroxylation is 1. The van der Waals surface area contributed by atoms with Crippen molar-refractivity contribution in [3.05, 3.63) is 17.5 Å². The van der Waals surface area contributed by atoms with Crippen LogP contribution in [0.3, 0.4) is 0 Å². The Morgan fingerprint density at radius 2 is 2.31 bits per heavy atom. The minimum absolute atomic E-state index is 0.132. The molecule has 1 heterocycles.